The van der Waals surface area contributed by atoms with E-state index in [0.29, 0.717) is 46.6 Å². The van der Waals surface area contributed by atoms with E-state index < -0.39 is 12.0 Å². The minimum atomic E-state index is -0.973. The van der Waals surface area contributed by atoms with Crippen molar-refractivity contribution >= 4 is 33.4 Å². The summed E-state index contributed by atoms with van der Waals surface area (Å²) >= 11 is 1.22. The van der Waals surface area contributed by atoms with Crippen molar-refractivity contribution in [3.05, 3.63) is 26.6 Å². The quantitative estimate of drug-likeness (QED) is 0.868. The zero-order valence-electron chi connectivity index (χ0n) is 14.7. The van der Waals surface area contributed by atoms with Crippen LogP contribution in [0.25, 0.3) is 10.2 Å². The summed E-state index contributed by atoms with van der Waals surface area (Å²) in [6.07, 6.45) is 5.00. The minimum Gasteiger partial charge on any atom is -0.480 e. The third-order valence-electron chi connectivity index (χ3n) is 5.40. The van der Waals surface area contributed by atoms with Gasteiger partial charge < -0.3 is 10.0 Å². The number of thiophene rings is 1. The minimum absolute atomic E-state index is 0.0732. The second-order valence-electron chi connectivity index (χ2n) is 7.03. The maximum atomic E-state index is 13.0. The summed E-state index contributed by atoms with van der Waals surface area (Å²) in [7, 11) is 0. The van der Waals surface area contributed by atoms with Gasteiger partial charge in [0.1, 0.15) is 16.7 Å². The molecule has 1 N–H and O–H groups in total. The van der Waals surface area contributed by atoms with E-state index in [1.807, 2.05) is 0 Å². The predicted octanol–water partition coefficient (Wildman–Crippen LogP) is 2.18. The van der Waals surface area contributed by atoms with E-state index in [9.17, 15) is 19.5 Å². The normalized spacial score (nSPS) is 20.2. The molecule has 0 radical (unpaired) electrons. The number of hydrogen-bond donors (Lipinski definition) is 1. The molecule has 8 heteroatoms. The molecule has 7 nitrogen and oxygen atoms in total. The molecular formula is C18H21N3O4S. The molecule has 1 saturated heterocycles. The molecule has 4 rings (SSSR count). The van der Waals surface area contributed by atoms with Crippen molar-refractivity contribution in [2.75, 3.05) is 6.54 Å². The molecule has 0 aliphatic carbocycles. The highest BCUT2D eigenvalue weighted by molar-refractivity contribution is 7.20. The van der Waals surface area contributed by atoms with Gasteiger partial charge in [0.15, 0.2) is 0 Å². The standard InChI is InChI=1S/C18H21N3O4S/c1-10-13-15(19-12-7-3-2-4-8-21(12)16(13)22)26-14(10)17(23)20-9-5-6-11(20)18(24)25/h11H,2-9H2,1H3,(H,24,25). The number of carbonyl (C=O) groups is 2. The molecule has 0 saturated carbocycles. The number of aryl methyl sites for hydroxylation is 2. The summed E-state index contributed by atoms with van der Waals surface area (Å²) in [5.74, 6) is -0.473. The number of hydrogen-bond acceptors (Lipinski definition) is 5. The van der Waals surface area contributed by atoms with Crippen LogP contribution in [0.1, 0.15) is 53.2 Å². The first kappa shape index (κ1) is 17.2. The van der Waals surface area contributed by atoms with Gasteiger partial charge in [-0.1, -0.05) is 6.42 Å². The number of carbonyl (C=O) groups excluding carboxylic acids is 1. The number of nitrogens with zero attached hydrogens (tertiary/aromatic N) is 3. The van der Waals surface area contributed by atoms with Crippen LogP contribution in [0.3, 0.4) is 0 Å². The average Bonchev–Trinajstić information content (AvgIpc) is 3.14. The Morgan fingerprint density at radius 1 is 1.19 bits per heavy atom. The lowest BCUT2D eigenvalue weighted by Crippen LogP contribution is -2.40. The first-order valence-corrected chi connectivity index (χ1v) is 9.87. The van der Waals surface area contributed by atoms with E-state index in [-0.39, 0.29) is 11.5 Å². The third kappa shape index (κ3) is 2.63. The molecule has 0 aromatic carbocycles. The Morgan fingerprint density at radius 2 is 2.00 bits per heavy atom. The van der Waals surface area contributed by atoms with Gasteiger partial charge in [0.2, 0.25) is 0 Å². The van der Waals surface area contributed by atoms with Crippen LogP contribution in [0.4, 0.5) is 0 Å². The molecule has 4 heterocycles. The highest BCUT2D eigenvalue weighted by Gasteiger charge is 2.36. The molecule has 1 atom stereocenters. The van der Waals surface area contributed by atoms with Crippen LogP contribution in [0.5, 0.6) is 0 Å². The van der Waals surface area contributed by atoms with E-state index in [1.54, 1.807) is 11.5 Å². The number of fused-ring (bicyclic) bond motifs is 2. The molecule has 1 amide bonds. The Balaban J connectivity index is 1.81. The van der Waals surface area contributed by atoms with Crippen molar-refractivity contribution in [2.45, 2.75) is 58.0 Å². The van der Waals surface area contributed by atoms with Crippen LogP contribution in [0.2, 0.25) is 0 Å². The molecule has 2 aromatic heterocycles. The van der Waals surface area contributed by atoms with Crippen molar-refractivity contribution in [1.82, 2.24) is 14.5 Å². The Bertz CT molecular complexity index is 961. The zero-order chi connectivity index (χ0) is 18.4. The zero-order valence-corrected chi connectivity index (χ0v) is 15.5. The number of carboxylic acids is 1. The van der Waals surface area contributed by atoms with Gasteiger partial charge >= 0.3 is 5.97 Å². The molecule has 1 fully saturated rings. The maximum absolute atomic E-state index is 13.0. The summed E-state index contributed by atoms with van der Waals surface area (Å²) in [4.78, 5) is 44.5. The molecule has 2 aliphatic rings. The van der Waals surface area contributed by atoms with Gasteiger partial charge in [0.25, 0.3) is 11.5 Å². The number of carboxylic acid groups (broad SMARTS) is 1. The van der Waals surface area contributed by atoms with Crippen LogP contribution in [0.15, 0.2) is 4.79 Å². The van der Waals surface area contributed by atoms with E-state index >= 15 is 0 Å². The van der Waals surface area contributed by atoms with Crippen molar-refractivity contribution in [3.63, 3.8) is 0 Å². The highest BCUT2D eigenvalue weighted by atomic mass is 32.1. The highest BCUT2D eigenvalue weighted by Crippen LogP contribution is 2.31. The van der Waals surface area contributed by atoms with Gasteiger partial charge in [0, 0.05) is 19.5 Å². The lowest BCUT2D eigenvalue weighted by molar-refractivity contribution is -0.141. The summed E-state index contributed by atoms with van der Waals surface area (Å²) in [5.41, 5.74) is 0.555. The van der Waals surface area contributed by atoms with E-state index in [2.05, 4.69) is 4.98 Å². The maximum Gasteiger partial charge on any atom is 0.326 e. The number of aliphatic carboxylic acids is 1. The molecular weight excluding hydrogens is 354 g/mol. The Hall–Kier alpha value is -2.22. The largest absolute Gasteiger partial charge is 0.480 e. The fourth-order valence-corrected chi connectivity index (χ4v) is 5.16. The fourth-order valence-electron chi connectivity index (χ4n) is 4.01. The topological polar surface area (TPSA) is 92.5 Å². The lowest BCUT2D eigenvalue weighted by Gasteiger charge is -2.20. The third-order valence-corrected chi connectivity index (χ3v) is 6.58. The van der Waals surface area contributed by atoms with Gasteiger partial charge in [-0.25, -0.2) is 9.78 Å². The molecule has 1 unspecified atom stereocenters. The Labute approximate surface area is 154 Å². The van der Waals surface area contributed by atoms with Gasteiger partial charge in [-0.15, -0.1) is 11.3 Å². The summed E-state index contributed by atoms with van der Waals surface area (Å²) in [5, 5.41) is 9.86. The molecule has 2 aliphatic heterocycles. The van der Waals surface area contributed by atoms with Gasteiger partial charge in [0.05, 0.1) is 10.3 Å². The van der Waals surface area contributed by atoms with Crippen molar-refractivity contribution in [2.24, 2.45) is 0 Å². The van der Waals surface area contributed by atoms with Crippen molar-refractivity contribution in [1.29, 1.82) is 0 Å². The first-order valence-electron chi connectivity index (χ1n) is 9.05. The molecule has 0 spiro atoms. The van der Waals surface area contributed by atoms with E-state index in [4.69, 9.17) is 0 Å². The predicted molar refractivity (Wildman–Crippen MR) is 97.9 cm³/mol. The van der Waals surface area contributed by atoms with Crippen LogP contribution in [-0.4, -0.2) is 44.0 Å². The van der Waals surface area contributed by atoms with E-state index in [1.165, 1.54) is 16.2 Å². The molecule has 0 bridgehead atoms. The van der Waals surface area contributed by atoms with Crippen LogP contribution < -0.4 is 5.56 Å². The van der Waals surface area contributed by atoms with Crippen molar-refractivity contribution in [3.8, 4) is 0 Å². The first-order chi connectivity index (χ1) is 12.5. The van der Waals surface area contributed by atoms with Gasteiger partial charge in [-0.3, -0.25) is 14.2 Å². The Kier molecular flexibility index (Phi) is 4.30. The SMILES string of the molecule is Cc1c(C(=O)N2CCCC2C(=O)O)sc2nc3n(c(=O)c12)CCCCC3. The van der Waals surface area contributed by atoms with Crippen LogP contribution in [-0.2, 0) is 17.8 Å². The van der Waals surface area contributed by atoms with Gasteiger partial charge in [-0.2, -0.15) is 0 Å². The second kappa shape index (κ2) is 6.50. The summed E-state index contributed by atoms with van der Waals surface area (Å²) in [6, 6.07) is -0.780. The smallest absolute Gasteiger partial charge is 0.326 e. The molecule has 26 heavy (non-hydrogen) atoms. The number of rotatable bonds is 2. The lowest BCUT2D eigenvalue weighted by atomic mass is 10.1. The monoisotopic (exact) mass is 375 g/mol. The number of amides is 1. The van der Waals surface area contributed by atoms with Crippen molar-refractivity contribution < 1.29 is 14.7 Å². The Morgan fingerprint density at radius 3 is 2.77 bits per heavy atom. The number of aromatic nitrogens is 2. The fraction of sp³-hybridized carbons (Fsp3) is 0.556. The molecule has 138 valence electrons. The van der Waals surface area contributed by atoms with Gasteiger partial charge in [-0.05, 0) is 38.2 Å². The molecule has 2 aromatic rings. The average molecular weight is 375 g/mol. The number of likely N-dealkylation sites (tertiary alicyclic amines) is 1. The summed E-state index contributed by atoms with van der Waals surface area (Å²) in [6.45, 7) is 2.87. The van der Waals surface area contributed by atoms with E-state index in [0.717, 1.165) is 31.5 Å². The van der Waals surface area contributed by atoms with Crippen LogP contribution >= 0.6 is 11.3 Å². The van der Waals surface area contributed by atoms with Crippen LogP contribution in [0, 0.1) is 6.92 Å². The summed E-state index contributed by atoms with van der Waals surface area (Å²) < 4.78 is 1.75. The second-order valence-corrected chi connectivity index (χ2v) is 8.03.